The fraction of sp³-hybridized carbons (Fsp3) is 0.333. The predicted octanol–water partition coefficient (Wildman–Crippen LogP) is 3.12. The zero-order valence-corrected chi connectivity index (χ0v) is 18.9. The highest BCUT2D eigenvalue weighted by atomic mass is 16.6. The van der Waals surface area contributed by atoms with Crippen LogP contribution in [0.1, 0.15) is 23.3 Å². The number of rotatable bonds is 8. The van der Waals surface area contributed by atoms with Crippen LogP contribution in [0.2, 0.25) is 0 Å². The third-order valence-electron chi connectivity index (χ3n) is 5.48. The number of fused-ring (bicyclic) bond motifs is 2. The second-order valence-electron chi connectivity index (χ2n) is 7.59. The summed E-state index contributed by atoms with van der Waals surface area (Å²) >= 11 is 0. The molecule has 3 aromatic rings. The third kappa shape index (κ3) is 4.67. The fourth-order valence-corrected chi connectivity index (χ4v) is 3.86. The van der Waals surface area contributed by atoms with Crippen LogP contribution < -0.4 is 29.6 Å². The Morgan fingerprint density at radius 3 is 2.48 bits per heavy atom. The largest absolute Gasteiger partial charge is 0.496 e. The number of hydrogen-bond acceptors (Lipinski definition) is 6. The highest BCUT2D eigenvalue weighted by Crippen LogP contribution is 2.35. The van der Waals surface area contributed by atoms with Crippen LogP contribution in [0.4, 0.5) is 5.69 Å². The molecule has 1 aliphatic rings. The molecular weight excluding hydrogens is 426 g/mol. The Morgan fingerprint density at radius 2 is 1.73 bits per heavy atom. The number of amides is 2. The molecule has 0 unspecified atom stereocenters. The maximum atomic E-state index is 12.8. The number of nitrogens with zero attached hydrogens (tertiary/aromatic N) is 1. The number of ether oxygens (including phenoxy) is 4. The van der Waals surface area contributed by atoms with Crippen molar-refractivity contribution in [3.05, 3.63) is 42.1 Å². The molecule has 0 atom stereocenters. The van der Waals surface area contributed by atoms with Crippen LogP contribution in [0.5, 0.6) is 23.0 Å². The Kier molecular flexibility index (Phi) is 6.58. The summed E-state index contributed by atoms with van der Waals surface area (Å²) in [7, 11) is 4.98. The van der Waals surface area contributed by atoms with Crippen LogP contribution in [-0.2, 0) is 11.8 Å². The van der Waals surface area contributed by atoms with Crippen molar-refractivity contribution in [2.75, 3.05) is 39.3 Å². The Labute approximate surface area is 191 Å². The van der Waals surface area contributed by atoms with E-state index in [1.165, 1.54) is 0 Å². The molecule has 9 nitrogen and oxygen atoms in total. The Morgan fingerprint density at radius 1 is 1.00 bits per heavy atom. The monoisotopic (exact) mass is 453 g/mol. The zero-order valence-electron chi connectivity index (χ0n) is 18.9. The van der Waals surface area contributed by atoms with Gasteiger partial charge in [-0.3, -0.25) is 9.59 Å². The first kappa shape index (κ1) is 22.3. The number of carbonyl (C=O) groups is 2. The fourth-order valence-electron chi connectivity index (χ4n) is 3.86. The highest BCUT2D eigenvalue weighted by molar-refractivity contribution is 6.02. The van der Waals surface area contributed by atoms with E-state index in [1.54, 1.807) is 50.1 Å². The van der Waals surface area contributed by atoms with Gasteiger partial charge in [0.05, 0.1) is 19.7 Å². The smallest absolute Gasteiger partial charge is 0.267 e. The maximum absolute atomic E-state index is 12.8. The lowest BCUT2D eigenvalue weighted by atomic mass is 10.2. The van der Waals surface area contributed by atoms with Crippen molar-refractivity contribution in [3.63, 3.8) is 0 Å². The first-order valence-electron chi connectivity index (χ1n) is 10.7. The molecule has 2 N–H and O–H groups in total. The van der Waals surface area contributed by atoms with Crippen molar-refractivity contribution in [2.24, 2.45) is 7.05 Å². The van der Waals surface area contributed by atoms with Crippen LogP contribution in [0.3, 0.4) is 0 Å². The molecule has 2 heterocycles. The summed E-state index contributed by atoms with van der Waals surface area (Å²) < 4.78 is 23.6. The molecule has 0 spiro atoms. The number of aromatic nitrogens is 1. The number of carbonyl (C=O) groups excluding carboxylic acids is 2. The van der Waals surface area contributed by atoms with E-state index in [0.717, 1.165) is 10.9 Å². The normalized spacial score (nSPS) is 12.3. The van der Waals surface area contributed by atoms with Crippen LogP contribution >= 0.6 is 0 Å². The molecule has 2 aromatic carbocycles. The van der Waals surface area contributed by atoms with Crippen LogP contribution in [0.15, 0.2) is 36.4 Å². The van der Waals surface area contributed by atoms with E-state index in [-0.39, 0.29) is 18.2 Å². The quantitative estimate of drug-likeness (QED) is 0.509. The summed E-state index contributed by atoms with van der Waals surface area (Å²) in [4.78, 5) is 25.0. The minimum Gasteiger partial charge on any atom is -0.496 e. The average molecular weight is 453 g/mol. The third-order valence-corrected chi connectivity index (χ3v) is 5.48. The van der Waals surface area contributed by atoms with Gasteiger partial charge in [0, 0.05) is 37.2 Å². The molecule has 2 amide bonds. The highest BCUT2D eigenvalue weighted by Gasteiger charge is 2.19. The van der Waals surface area contributed by atoms with E-state index in [2.05, 4.69) is 10.6 Å². The minimum absolute atomic E-state index is 0.139. The topological polar surface area (TPSA) is 100 Å². The van der Waals surface area contributed by atoms with E-state index in [0.29, 0.717) is 60.6 Å². The molecule has 0 saturated heterocycles. The average Bonchev–Trinajstić information content (AvgIpc) is 3.18. The molecule has 1 aliphatic heterocycles. The molecule has 4 rings (SSSR count). The summed E-state index contributed by atoms with van der Waals surface area (Å²) in [6, 6.07) is 10.7. The maximum Gasteiger partial charge on any atom is 0.267 e. The second-order valence-corrected chi connectivity index (χ2v) is 7.59. The summed E-state index contributed by atoms with van der Waals surface area (Å²) in [5.41, 5.74) is 1.90. The van der Waals surface area contributed by atoms with Gasteiger partial charge in [0.1, 0.15) is 30.4 Å². The van der Waals surface area contributed by atoms with Gasteiger partial charge in [-0.05, 0) is 36.8 Å². The number of nitrogens with one attached hydrogen (secondary N) is 2. The summed E-state index contributed by atoms with van der Waals surface area (Å²) in [6.07, 6.45) is 0.768. The molecular formula is C24H27N3O6. The zero-order chi connectivity index (χ0) is 23.4. The van der Waals surface area contributed by atoms with Gasteiger partial charge in [0.25, 0.3) is 5.91 Å². The lowest BCUT2D eigenvalue weighted by Crippen LogP contribution is -2.27. The van der Waals surface area contributed by atoms with E-state index in [9.17, 15) is 9.59 Å². The van der Waals surface area contributed by atoms with E-state index in [1.807, 2.05) is 12.1 Å². The molecule has 9 heteroatoms. The van der Waals surface area contributed by atoms with Gasteiger partial charge in [-0.25, -0.2) is 0 Å². The first-order chi connectivity index (χ1) is 16.0. The summed E-state index contributed by atoms with van der Waals surface area (Å²) in [5.74, 6) is 2.24. The lowest BCUT2D eigenvalue weighted by Gasteiger charge is -2.19. The van der Waals surface area contributed by atoms with E-state index < -0.39 is 0 Å². The van der Waals surface area contributed by atoms with E-state index in [4.69, 9.17) is 18.9 Å². The Hall–Kier alpha value is -3.88. The van der Waals surface area contributed by atoms with Gasteiger partial charge in [-0.2, -0.15) is 0 Å². The second kappa shape index (κ2) is 9.72. The molecule has 0 aliphatic carbocycles. The molecule has 1 aromatic heterocycles. The van der Waals surface area contributed by atoms with E-state index >= 15 is 0 Å². The Bertz CT molecular complexity index is 1190. The number of aryl methyl sites for hydroxylation is 1. The van der Waals surface area contributed by atoms with Gasteiger partial charge in [-0.15, -0.1) is 0 Å². The minimum atomic E-state index is -0.231. The Balaban J connectivity index is 1.32. The van der Waals surface area contributed by atoms with Crippen molar-refractivity contribution < 1.29 is 28.5 Å². The van der Waals surface area contributed by atoms with Crippen molar-refractivity contribution in [3.8, 4) is 23.0 Å². The lowest BCUT2D eigenvalue weighted by molar-refractivity contribution is -0.116. The SMILES string of the molecule is COc1ccc(OC)c2c1cc(C(=O)NCCCC(=O)Nc1ccc3c(c1)OCCO3)n2C. The molecule has 174 valence electrons. The van der Waals surface area contributed by atoms with Crippen molar-refractivity contribution in [1.29, 1.82) is 0 Å². The van der Waals surface area contributed by atoms with Crippen molar-refractivity contribution in [1.82, 2.24) is 9.88 Å². The molecule has 0 saturated carbocycles. The molecule has 0 fully saturated rings. The predicted molar refractivity (Wildman–Crippen MR) is 124 cm³/mol. The van der Waals surface area contributed by atoms with Gasteiger partial charge >= 0.3 is 0 Å². The van der Waals surface area contributed by atoms with Crippen molar-refractivity contribution >= 4 is 28.4 Å². The summed E-state index contributed by atoms with van der Waals surface area (Å²) in [5, 5.41) is 6.52. The molecule has 33 heavy (non-hydrogen) atoms. The number of hydrogen-bond donors (Lipinski definition) is 2. The molecule has 0 bridgehead atoms. The number of benzene rings is 2. The first-order valence-corrected chi connectivity index (χ1v) is 10.7. The van der Waals surface area contributed by atoms with Gasteiger partial charge in [0.15, 0.2) is 11.5 Å². The molecule has 0 radical (unpaired) electrons. The standard InChI is InChI=1S/C24H27N3O6/c1-27-17(14-16-18(30-2)8-9-20(31-3)23(16)27)24(29)25-10-4-5-22(28)26-15-6-7-19-21(13-15)33-12-11-32-19/h6-9,13-14H,4-5,10-12H2,1-3H3,(H,25,29)(H,26,28). The van der Waals surface area contributed by atoms with Crippen molar-refractivity contribution in [2.45, 2.75) is 12.8 Å². The van der Waals surface area contributed by atoms with Gasteiger partial charge in [-0.1, -0.05) is 0 Å². The number of anilines is 1. The summed E-state index contributed by atoms with van der Waals surface area (Å²) in [6.45, 7) is 1.37. The van der Waals surface area contributed by atoms with Crippen LogP contribution in [0.25, 0.3) is 10.9 Å². The van der Waals surface area contributed by atoms with Crippen LogP contribution in [-0.4, -0.2) is 50.4 Å². The number of methoxy groups -OCH3 is 2. The van der Waals surface area contributed by atoms with Gasteiger partial charge in [0.2, 0.25) is 5.91 Å². The van der Waals surface area contributed by atoms with Gasteiger partial charge < -0.3 is 34.1 Å². The van der Waals surface area contributed by atoms with Crippen LogP contribution in [0, 0.1) is 0 Å².